The van der Waals surface area contributed by atoms with Crippen molar-refractivity contribution in [2.45, 2.75) is 45.2 Å². The normalized spacial score (nSPS) is 34.4. The number of primary amides is 1. The molecule has 4 unspecified atom stereocenters. The van der Waals surface area contributed by atoms with Gasteiger partial charge in [0.15, 0.2) is 0 Å². The van der Waals surface area contributed by atoms with E-state index in [1.807, 2.05) is 4.90 Å². The summed E-state index contributed by atoms with van der Waals surface area (Å²) < 4.78 is 0. The van der Waals surface area contributed by atoms with Crippen molar-refractivity contribution in [3.05, 3.63) is 0 Å². The predicted octanol–water partition coefficient (Wildman–Crippen LogP) is -0.314. The quantitative estimate of drug-likeness (QED) is 0.664. The number of piperazine rings is 1. The Morgan fingerprint density at radius 2 is 2.10 bits per heavy atom. The van der Waals surface area contributed by atoms with E-state index in [-0.39, 0.29) is 30.4 Å². The third kappa shape index (κ3) is 4.17. The highest BCUT2D eigenvalue weighted by Crippen LogP contribution is 2.29. The highest BCUT2D eigenvalue weighted by Gasteiger charge is 2.31. The van der Waals surface area contributed by atoms with Gasteiger partial charge in [-0.05, 0) is 18.3 Å². The zero-order chi connectivity index (χ0) is 15.4. The second-order valence-corrected chi connectivity index (χ2v) is 6.53. The molecule has 0 spiro atoms. The van der Waals surface area contributed by atoms with E-state index in [9.17, 15) is 9.59 Å². The van der Waals surface area contributed by atoms with Gasteiger partial charge in [0.1, 0.15) is 6.04 Å². The minimum atomic E-state index is -0.382. The number of rotatable bonds is 4. The number of nitrogens with one attached hydrogen (secondary N) is 2. The maximum absolute atomic E-state index is 12.3. The Kier molecular flexibility index (Phi) is 5.58. The van der Waals surface area contributed by atoms with Crippen LogP contribution in [0.3, 0.4) is 0 Å². The monoisotopic (exact) mass is 296 g/mol. The first-order valence-electron chi connectivity index (χ1n) is 8.02. The number of amides is 2. The Morgan fingerprint density at radius 3 is 2.81 bits per heavy atom. The Bertz CT molecular complexity index is 388. The SMILES string of the molecule is CC1CCCC(NC(=O)CN2CCNCC2C(N)=O)C1C. The van der Waals surface area contributed by atoms with Crippen molar-refractivity contribution < 1.29 is 9.59 Å². The molecular formula is C15H28N4O2. The fourth-order valence-corrected chi connectivity index (χ4v) is 3.44. The van der Waals surface area contributed by atoms with Crippen molar-refractivity contribution in [3.63, 3.8) is 0 Å². The maximum Gasteiger partial charge on any atom is 0.236 e. The second kappa shape index (κ2) is 7.22. The topological polar surface area (TPSA) is 87.5 Å². The van der Waals surface area contributed by atoms with E-state index < -0.39 is 0 Å². The lowest BCUT2D eigenvalue weighted by Gasteiger charge is -2.36. The first kappa shape index (κ1) is 16.2. The minimum absolute atomic E-state index is 0.00843. The van der Waals surface area contributed by atoms with Gasteiger partial charge in [-0.15, -0.1) is 0 Å². The van der Waals surface area contributed by atoms with Crippen LogP contribution in [0.1, 0.15) is 33.1 Å². The van der Waals surface area contributed by atoms with E-state index in [2.05, 4.69) is 24.5 Å². The number of nitrogens with zero attached hydrogens (tertiary/aromatic N) is 1. The smallest absolute Gasteiger partial charge is 0.236 e. The van der Waals surface area contributed by atoms with Crippen LogP contribution in [0.4, 0.5) is 0 Å². The molecule has 1 saturated carbocycles. The molecule has 0 aromatic carbocycles. The molecule has 0 radical (unpaired) electrons. The van der Waals surface area contributed by atoms with Crippen LogP contribution in [-0.4, -0.2) is 55.0 Å². The largest absolute Gasteiger partial charge is 0.368 e. The lowest BCUT2D eigenvalue weighted by atomic mass is 9.78. The van der Waals surface area contributed by atoms with Crippen LogP contribution in [0.2, 0.25) is 0 Å². The fourth-order valence-electron chi connectivity index (χ4n) is 3.44. The van der Waals surface area contributed by atoms with Crippen LogP contribution in [0.5, 0.6) is 0 Å². The van der Waals surface area contributed by atoms with Crippen LogP contribution in [0.15, 0.2) is 0 Å². The molecule has 120 valence electrons. The molecule has 21 heavy (non-hydrogen) atoms. The Morgan fingerprint density at radius 1 is 1.33 bits per heavy atom. The van der Waals surface area contributed by atoms with Crippen molar-refractivity contribution >= 4 is 11.8 Å². The molecule has 2 amide bonds. The van der Waals surface area contributed by atoms with Gasteiger partial charge in [0.25, 0.3) is 0 Å². The maximum atomic E-state index is 12.3. The molecular weight excluding hydrogens is 268 g/mol. The van der Waals surface area contributed by atoms with Crippen molar-refractivity contribution in [2.24, 2.45) is 17.6 Å². The number of carbonyl (C=O) groups is 2. The molecule has 1 heterocycles. The highest BCUT2D eigenvalue weighted by atomic mass is 16.2. The third-order valence-corrected chi connectivity index (χ3v) is 5.08. The van der Waals surface area contributed by atoms with Gasteiger partial charge in [0.05, 0.1) is 6.54 Å². The average molecular weight is 296 g/mol. The van der Waals surface area contributed by atoms with Crippen molar-refractivity contribution in [3.8, 4) is 0 Å². The summed E-state index contributed by atoms with van der Waals surface area (Å²) in [4.78, 5) is 25.6. The lowest BCUT2D eigenvalue weighted by Crippen LogP contribution is -2.59. The van der Waals surface area contributed by atoms with Crippen LogP contribution in [0.25, 0.3) is 0 Å². The molecule has 0 aromatic heterocycles. The fraction of sp³-hybridized carbons (Fsp3) is 0.867. The summed E-state index contributed by atoms with van der Waals surface area (Å²) in [6, 6.07) is -0.122. The van der Waals surface area contributed by atoms with E-state index in [1.54, 1.807) is 0 Å². The second-order valence-electron chi connectivity index (χ2n) is 6.53. The van der Waals surface area contributed by atoms with Crippen molar-refractivity contribution in [2.75, 3.05) is 26.2 Å². The number of carbonyl (C=O) groups excluding carboxylic acids is 2. The summed E-state index contributed by atoms with van der Waals surface area (Å²) >= 11 is 0. The van der Waals surface area contributed by atoms with Gasteiger partial charge in [-0.1, -0.05) is 26.7 Å². The van der Waals surface area contributed by atoms with E-state index in [4.69, 9.17) is 5.73 Å². The average Bonchev–Trinajstić information content (AvgIpc) is 2.44. The molecule has 0 bridgehead atoms. The molecule has 6 heteroatoms. The van der Waals surface area contributed by atoms with Crippen LogP contribution in [0, 0.1) is 11.8 Å². The zero-order valence-electron chi connectivity index (χ0n) is 13.1. The van der Waals surface area contributed by atoms with Crippen LogP contribution < -0.4 is 16.4 Å². The summed E-state index contributed by atoms with van der Waals surface area (Å²) in [6.45, 7) is 6.71. The van der Waals surface area contributed by atoms with Crippen LogP contribution >= 0.6 is 0 Å². The summed E-state index contributed by atoms with van der Waals surface area (Å²) in [7, 11) is 0. The first-order valence-corrected chi connectivity index (χ1v) is 8.02. The zero-order valence-corrected chi connectivity index (χ0v) is 13.1. The van der Waals surface area contributed by atoms with Gasteiger partial charge in [0, 0.05) is 25.7 Å². The Hall–Kier alpha value is -1.14. The van der Waals surface area contributed by atoms with E-state index >= 15 is 0 Å². The molecule has 6 nitrogen and oxygen atoms in total. The molecule has 2 fully saturated rings. The van der Waals surface area contributed by atoms with Gasteiger partial charge in [0.2, 0.25) is 11.8 Å². The van der Waals surface area contributed by atoms with E-state index in [0.717, 1.165) is 13.0 Å². The Labute approximate surface area is 126 Å². The van der Waals surface area contributed by atoms with Gasteiger partial charge >= 0.3 is 0 Å². The third-order valence-electron chi connectivity index (χ3n) is 5.08. The standard InChI is InChI=1S/C15H28N4O2/c1-10-4-3-5-12(11(10)2)18-14(20)9-19-7-6-17-8-13(19)15(16)21/h10-13,17H,3-9H2,1-2H3,(H2,16,21)(H,18,20). The molecule has 2 aliphatic rings. The van der Waals surface area contributed by atoms with E-state index in [0.29, 0.717) is 24.9 Å². The van der Waals surface area contributed by atoms with E-state index in [1.165, 1.54) is 12.8 Å². The molecule has 1 aliphatic carbocycles. The van der Waals surface area contributed by atoms with Crippen molar-refractivity contribution in [1.82, 2.24) is 15.5 Å². The van der Waals surface area contributed by atoms with Crippen LogP contribution in [-0.2, 0) is 9.59 Å². The summed E-state index contributed by atoms with van der Waals surface area (Å²) in [5, 5.41) is 6.29. The van der Waals surface area contributed by atoms with Gasteiger partial charge < -0.3 is 16.4 Å². The summed E-state index contributed by atoms with van der Waals surface area (Å²) in [6.07, 6.45) is 3.47. The number of nitrogens with two attached hydrogens (primary N) is 1. The van der Waals surface area contributed by atoms with Gasteiger partial charge in [-0.25, -0.2) is 0 Å². The molecule has 1 aliphatic heterocycles. The molecule has 1 saturated heterocycles. The molecule has 2 rings (SSSR count). The molecule has 4 atom stereocenters. The highest BCUT2D eigenvalue weighted by molar-refractivity contribution is 5.83. The van der Waals surface area contributed by atoms with Gasteiger partial charge in [-0.2, -0.15) is 0 Å². The number of hydrogen-bond donors (Lipinski definition) is 3. The lowest BCUT2D eigenvalue weighted by molar-refractivity contribution is -0.128. The first-order chi connectivity index (χ1) is 9.99. The van der Waals surface area contributed by atoms with Gasteiger partial charge in [-0.3, -0.25) is 14.5 Å². The predicted molar refractivity (Wildman–Crippen MR) is 81.5 cm³/mol. The summed E-state index contributed by atoms with van der Waals surface area (Å²) in [5.41, 5.74) is 5.41. The Balaban J connectivity index is 1.87. The minimum Gasteiger partial charge on any atom is -0.368 e. The molecule has 0 aromatic rings. The number of hydrogen-bond acceptors (Lipinski definition) is 4. The molecule has 4 N–H and O–H groups in total. The van der Waals surface area contributed by atoms with Crippen molar-refractivity contribution in [1.29, 1.82) is 0 Å². The summed E-state index contributed by atoms with van der Waals surface area (Å²) in [5.74, 6) is 0.808.